The fraction of sp³-hybridized carbons (Fsp3) is 0.481. The molecule has 36 heavy (non-hydrogen) atoms. The Morgan fingerprint density at radius 2 is 1.56 bits per heavy atom. The predicted molar refractivity (Wildman–Crippen MR) is 149 cm³/mol. The molecule has 0 spiro atoms. The first kappa shape index (κ1) is 29.8. The molecule has 2 rings (SSSR count). The van der Waals surface area contributed by atoms with E-state index in [0.717, 1.165) is 22.0 Å². The molecule has 1 atom stereocenters. The van der Waals surface area contributed by atoms with E-state index in [0.29, 0.717) is 12.1 Å². The number of aryl methyl sites for hydroxylation is 1. The van der Waals surface area contributed by atoms with Crippen LogP contribution in [-0.4, -0.2) is 49.5 Å². The van der Waals surface area contributed by atoms with E-state index < -0.39 is 21.6 Å². The SMILES string of the molecule is CCc1ccc(N(CCCC(=O)N(Cc2ccc(Br)cc2)[C@@H](C)C(=O)NC(C)(C)C)S(C)(=O)=O)cc1. The minimum Gasteiger partial charge on any atom is -0.350 e. The van der Waals surface area contributed by atoms with E-state index in [4.69, 9.17) is 0 Å². The molecule has 0 unspecified atom stereocenters. The molecule has 0 radical (unpaired) electrons. The lowest BCUT2D eigenvalue weighted by atomic mass is 10.1. The van der Waals surface area contributed by atoms with Gasteiger partial charge in [0.1, 0.15) is 6.04 Å². The number of carbonyl (C=O) groups is 2. The minimum absolute atomic E-state index is 0.114. The van der Waals surface area contributed by atoms with Gasteiger partial charge in [-0.05, 0) is 75.9 Å². The van der Waals surface area contributed by atoms with Crippen molar-refractivity contribution in [2.75, 3.05) is 17.1 Å². The number of hydrogen-bond acceptors (Lipinski definition) is 4. The van der Waals surface area contributed by atoms with Crippen LogP contribution in [-0.2, 0) is 32.6 Å². The summed E-state index contributed by atoms with van der Waals surface area (Å²) in [6.45, 7) is 9.89. The summed E-state index contributed by atoms with van der Waals surface area (Å²) in [5.74, 6) is -0.439. The first-order chi connectivity index (χ1) is 16.7. The maximum Gasteiger partial charge on any atom is 0.242 e. The van der Waals surface area contributed by atoms with Crippen molar-refractivity contribution in [3.05, 3.63) is 64.1 Å². The molecule has 7 nitrogen and oxygen atoms in total. The number of carbonyl (C=O) groups excluding carboxylic acids is 2. The van der Waals surface area contributed by atoms with Crippen molar-refractivity contribution in [1.29, 1.82) is 0 Å². The maximum atomic E-state index is 13.3. The smallest absolute Gasteiger partial charge is 0.242 e. The van der Waals surface area contributed by atoms with E-state index in [-0.39, 0.29) is 31.3 Å². The van der Waals surface area contributed by atoms with Crippen molar-refractivity contribution in [2.45, 2.75) is 72.0 Å². The lowest BCUT2D eigenvalue weighted by Crippen LogP contribution is -2.52. The summed E-state index contributed by atoms with van der Waals surface area (Å²) in [5, 5.41) is 2.95. The highest BCUT2D eigenvalue weighted by molar-refractivity contribution is 9.10. The fourth-order valence-corrected chi connectivity index (χ4v) is 4.97. The summed E-state index contributed by atoms with van der Waals surface area (Å²) < 4.78 is 27.2. The number of benzene rings is 2. The molecule has 0 aliphatic rings. The molecule has 2 aromatic rings. The molecule has 0 heterocycles. The van der Waals surface area contributed by atoms with Crippen LogP contribution in [0.25, 0.3) is 0 Å². The zero-order valence-corrected chi connectivity index (χ0v) is 24.4. The molecule has 0 aliphatic carbocycles. The molecular weight excluding hydrogens is 542 g/mol. The van der Waals surface area contributed by atoms with Crippen LogP contribution in [0.1, 0.15) is 58.6 Å². The highest BCUT2D eigenvalue weighted by Gasteiger charge is 2.28. The number of amides is 2. The van der Waals surface area contributed by atoms with Gasteiger partial charge in [-0.25, -0.2) is 8.42 Å². The van der Waals surface area contributed by atoms with Crippen LogP contribution in [0.15, 0.2) is 53.0 Å². The molecule has 2 amide bonds. The molecule has 9 heteroatoms. The Morgan fingerprint density at radius 1 is 1.00 bits per heavy atom. The number of halogens is 1. The molecule has 1 N–H and O–H groups in total. The molecule has 0 saturated carbocycles. The average Bonchev–Trinajstić information content (AvgIpc) is 2.79. The first-order valence-electron chi connectivity index (χ1n) is 12.1. The zero-order valence-electron chi connectivity index (χ0n) is 22.0. The van der Waals surface area contributed by atoms with E-state index in [1.807, 2.05) is 64.1 Å². The lowest BCUT2D eigenvalue weighted by Gasteiger charge is -2.32. The van der Waals surface area contributed by atoms with Gasteiger partial charge in [-0.15, -0.1) is 0 Å². The number of hydrogen-bond donors (Lipinski definition) is 1. The topological polar surface area (TPSA) is 86.8 Å². The number of anilines is 1. The summed E-state index contributed by atoms with van der Waals surface area (Å²) >= 11 is 3.42. The minimum atomic E-state index is -3.52. The largest absolute Gasteiger partial charge is 0.350 e. The highest BCUT2D eigenvalue weighted by Crippen LogP contribution is 2.21. The molecule has 0 bridgehead atoms. The van der Waals surface area contributed by atoms with Crippen molar-refractivity contribution < 1.29 is 18.0 Å². The first-order valence-corrected chi connectivity index (χ1v) is 14.8. The number of rotatable bonds is 11. The van der Waals surface area contributed by atoms with E-state index in [1.165, 1.54) is 10.6 Å². The third-order valence-corrected chi connectivity index (χ3v) is 7.44. The van der Waals surface area contributed by atoms with Crippen LogP contribution in [0.4, 0.5) is 5.69 Å². The van der Waals surface area contributed by atoms with Gasteiger partial charge in [-0.1, -0.05) is 47.1 Å². The van der Waals surface area contributed by atoms with Crippen LogP contribution >= 0.6 is 15.9 Å². The fourth-order valence-electron chi connectivity index (χ4n) is 3.74. The predicted octanol–water partition coefficient (Wildman–Crippen LogP) is 4.89. The van der Waals surface area contributed by atoms with Crippen LogP contribution < -0.4 is 9.62 Å². The molecule has 198 valence electrons. The van der Waals surface area contributed by atoms with Gasteiger partial charge in [0.2, 0.25) is 21.8 Å². The number of nitrogens with zero attached hydrogens (tertiary/aromatic N) is 2. The second-order valence-corrected chi connectivity index (χ2v) is 12.8. The van der Waals surface area contributed by atoms with Crippen molar-refractivity contribution in [3.63, 3.8) is 0 Å². The van der Waals surface area contributed by atoms with Crippen LogP contribution in [0, 0.1) is 0 Å². The van der Waals surface area contributed by atoms with Gasteiger partial charge in [0.15, 0.2) is 0 Å². The van der Waals surface area contributed by atoms with Gasteiger partial charge in [0.25, 0.3) is 0 Å². The van der Waals surface area contributed by atoms with Crippen molar-refractivity contribution in [1.82, 2.24) is 10.2 Å². The molecule has 0 aromatic heterocycles. The summed E-state index contributed by atoms with van der Waals surface area (Å²) in [7, 11) is -3.52. The van der Waals surface area contributed by atoms with E-state index in [9.17, 15) is 18.0 Å². The monoisotopic (exact) mass is 579 g/mol. The van der Waals surface area contributed by atoms with Gasteiger partial charge >= 0.3 is 0 Å². The van der Waals surface area contributed by atoms with Crippen molar-refractivity contribution in [3.8, 4) is 0 Å². The standard InChI is InChI=1S/C27H38BrN3O4S/c1-7-21-12-16-24(17-13-21)31(36(6,34)35)18-8-9-25(32)30(19-22-10-14-23(28)15-11-22)20(2)26(33)29-27(3,4)5/h10-17,20H,7-9,18-19H2,1-6H3,(H,29,33)/t20-/m0/s1. The Morgan fingerprint density at radius 3 is 2.06 bits per heavy atom. The van der Waals surface area contributed by atoms with Crippen molar-refractivity contribution >= 4 is 43.5 Å². The van der Waals surface area contributed by atoms with Crippen LogP contribution in [0.2, 0.25) is 0 Å². The molecular formula is C27H38BrN3O4S. The third kappa shape index (κ3) is 9.24. The van der Waals surface area contributed by atoms with Gasteiger partial charge in [0.05, 0.1) is 11.9 Å². The summed E-state index contributed by atoms with van der Waals surface area (Å²) in [4.78, 5) is 27.8. The molecule has 0 fully saturated rings. The van der Waals surface area contributed by atoms with E-state index >= 15 is 0 Å². The van der Waals surface area contributed by atoms with Crippen LogP contribution in [0.5, 0.6) is 0 Å². The maximum absolute atomic E-state index is 13.3. The quantitative estimate of drug-likeness (QED) is 0.410. The van der Waals surface area contributed by atoms with Gasteiger partial charge in [0, 0.05) is 29.5 Å². The van der Waals surface area contributed by atoms with Crippen molar-refractivity contribution in [2.24, 2.45) is 0 Å². The Bertz CT molecular complexity index is 1130. The average molecular weight is 581 g/mol. The van der Waals surface area contributed by atoms with E-state index in [1.54, 1.807) is 24.0 Å². The number of nitrogens with one attached hydrogen (secondary N) is 1. The molecule has 0 saturated heterocycles. The third-order valence-electron chi connectivity index (χ3n) is 5.72. The molecule has 0 aliphatic heterocycles. The van der Waals surface area contributed by atoms with Crippen LogP contribution in [0.3, 0.4) is 0 Å². The Labute approximate surface area is 224 Å². The highest BCUT2D eigenvalue weighted by atomic mass is 79.9. The Hall–Kier alpha value is -2.39. The zero-order chi connectivity index (χ0) is 27.1. The normalized spacial score (nSPS) is 12.6. The lowest BCUT2D eigenvalue weighted by molar-refractivity contribution is -0.141. The van der Waals surface area contributed by atoms with Gasteiger partial charge < -0.3 is 10.2 Å². The Balaban J connectivity index is 2.17. The second-order valence-electron chi connectivity index (χ2n) is 10.0. The second kappa shape index (κ2) is 12.7. The Kier molecular flexibility index (Phi) is 10.5. The summed E-state index contributed by atoms with van der Waals surface area (Å²) in [6.07, 6.45) is 2.47. The van der Waals surface area contributed by atoms with E-state index in [2.05, 4.69) is 21.2 Å². The molecule has 2 aromatic carbocycles. The summed E-state index contributed by atoms with van der Waals surface area (Å²) in [5.41, 5.74) is 2.16. The summed E-state index contributed by atoms with van der Waals surface area (Å²) in [6, 6.07) is 14.3. The number of sulfonamides is 1. The van der Waals surface area contributed by atoms with Gasteiger partial charge in [-0.3, -0.25) is 13.9 Å². The van der Waals surface area contributed by atoms with Gasteiger partial charge in [-0.2, -0.15) is 0 Å².